The molecule has 5 heterocycles. The molecule has 15 nitrogen and oxygen atoms in total. The van der Waals surface area contributed by atoms with Gasteiger partial charge >= 0.3 is 11.7 Å². The minimum absolute atomic E-state index is 0.0723. The number of hydrogen-bond acceptors (Lipinski definition) is 9. The van der Waals surface area contributed by atoms with E-state index in [1.165, 1.54) is 10.6 Å². The number of piperazine rings is 1. The van der Waals surface area contributed by atoms with Gasteiger partial charge in [-0.2, -0.15) is 0 Å². The maximum Gasteiger partial charge on any atom is 0.329 e. The summed E-state index contributed by atoms with van der Waals surface area (Å²) in [7, 11) is 1.69. The highest BCUT2D eigenvalue weighted by Crippen LogP contribution is 2.63. The Morgan fingerprint density at radius 2 is 1.69 bits per heavy atom. The Morgan fingerprint density at radius 1 is 0.900 bits per heavy atom. The van der Waals surface area contributed by atoms with Gasteiger partial charge in [0.15, 0.2) is 0 Å². The standard InChI is InChI=1S/C52H61Cl2FN8O7/c1-60-40-26-30(13-18-38(40)63(50(60)70)39-19-20-42(64)58-46(39)65)8-3-6-23-61-24-25-62(41(29-61)48(67)68)28-31-11-15-33(16-12-31)56-47(66)45-43(34-9-7-10-36(54)44(34)55)52(51(59-45)21-4-2-5-22-51)35-17-14-32(53)27-37(35)57-49(52)69/h7,9-10,13-14,17-18,26-27,31,33,39,41,43,45,59H,2-6,8,11-12,15-16,19-25,28-29H2,1H3,(H,56,66)(H,57,69)(H,67,68)(H,58,64,65)/t31?,33?,39?,41-,43-,45+,52+/m0/s1. The van der Waals surface area contributed by atoms with E-state index in [2.05, 4.69) is 31.1 Å². The predicted molar refractivity (Wildman–Crippen MR) is 264 cm³/mol. The molecule has 18 heteroatoms. The summed E-state index contributed by atoms with van der Waals surface area (Å²) in [6.45, 7) is 3.27. The van der Waals surface area contributed by atoms with Gasteiger partial charge in [-0.15, -0.1) is 0 Å². The molecule has 3 saturated heterocycles. The van der Waals surface area contributed by atoms with E-state index in [1.54, 1.807) is 35.9 Å². The van der Waals surface area contributed by atoms with Crippen molar-refractivity contribution in [1.82, 2.24) is 34.9 Å². The minimum atomic E-state index is -1.31. The molecule has 0 bridgehead atoms. The molecule has 1 aromatic heterocycles. The molecule has 1 unspecified atom stereocenters. The molecule has 4 amide bonds. The van der Waals surface area contributed by atoms with Crippen LogP contribution in [0.2, 0.25) is 10.0 Å². The molecule has 2 aliphatic carbocycles. The Morgan fingerprint density at radius 3 is 2.44 bits per heavy atom. The van der Waals surface area contributed by atoms with Crippen molar-refractivity contribution in [2.24, 2.45) is 13.0 Å². The second-order valence-electron chi connectivity index (χ2n) is 20.7. The fourth-order valence-electron chi connectivity index (χ4n) is 13.3. The number of rotatable bonds is 12. The second kappa shape index (κ2) is 19.5. The quantitative estimate of drug-likeness (QED) is 0.0811. The number of nitrogens with one attached hydrogen (secondary N) is 4. The Balaban J connectivity index is 0.748. The number of carbonyl (C=O) groups excluding carboxylic acids is 4. The number of hydrogen-bond donors (Lipinski definition) is 5. The van der Waals surface area contributed by atoms with E-state index in [-0.39, 0.29) is 58.8 Å². The monoisotopic (exact) mass is 998 g/mol. The Kier molecular flexibility index (Phi) is 13.5. The maximum atomic E-state index is 16.4. The van der Waals surface area contributed by atoms with Crippen LogP contribution in [0.25, 0.3) is 11.0 Å². The lowest BCUT2D eigenvalue weighted by atomic mass is 9.55. The highest BCUT2D eigenvalue weighted by molar-refractivity contribution is 6.31. The first-order valence-electron chi connectivity index (χ1n) is 25.1. The van der Waals surface area contributed by atoms with Crippen LogP contribution in [-0.2, 0) is 42.9 Å². The number of halogens is 3. The third-order valence-electron chi connectivity index (χ3n) is 16.7. The molecule has 2 saturated carbocycles. The van der Waals surface area contributed by atoms with Gasteiger partial charge in [-0.1, -0.05) is 66.7 Å². The van der Waals surface area contributed by atoms with Gasteiger partial charge in [0.25, 0.3) is 0 Å². The molecule has 70 heavy (non-hydrogen) atoms. The van der Waals surface area contributed by atoms with Gasteiger partial charge in [0, 0.05) is 67.9 Å². The number of fused-ring (bicyclic) bond motifs is 4. The molecule has 4 aromatic rings. The zero-order valence-electron chi connectivity index (χ0n) is 39.4. The number of nitrogens with zero attached hydrogens (tertiary/aromatic N) is 4. The Hall–Kier alpha value is -5.13. The van der Waals surface area contributed by atoms with E-state index in [0.717, 1.165) is 75.5 Å². The van der Waals surface area contributed by atoms with E-state index < -0.39 is 52.7 Å². The normalized spacial score (nSPS) is 28.0. The number of imidazole rings is 1. The first kappa shape index (κ1) is 48.5. The van der Waals surface area contributed by atoms with E-state index >= 15 is 4.39 Å². The van der Waals surface area contributed by atoms with E-state index in [0.29, 0.717) is 67.1 Å². The van der Waals surface area contributed by atoms with Gasteiger partial charge in [-0.3, -0.25) is 53.5 Å². The summed E-state index contributed by atoms with van der Waals surface area (Å²) in [5, 5.41) is 23.3. The summed E-state index contributed by atoms with van der Waals surface area (Å²) in [5.74, 6) is -3.46. The van der Waals surface area contributed by atoms with Crippen molar-refractivity contribution < 1.29 is 33.5 Å². The number of benzene rings is 3. The number of carboxylic acids is 1. The van der Waals surface area contributed by atoms with Crippen molar-refractivity contribution >= 4 is 69.5 Å². The fourth-order valence-corrected chi connectivity index (χ4v) is 13.7. The molecule has 3 aromatic carbocycles. The van der Waals surface area contributed by atoms with Crippen molar-refractivity contribution in [3.8, 4) is 0 Å². The third-order valence-corrected chi connectivity index (χ3v) is 17.2. The molecule has 5 fully saturated rings. The average Bonchev–Trinajstić information content (AvgIpc) is 3.89. The van der Waals surface area contributed by atoms with Gasteiger partial charge in [0.05, 0.1) is 22.1 Å². The zero-order chi connectivity index (χ0) is 49.1. The summed E-state index contributed by atoms with van der Waals surface area (Å²) in [6, 6.07) is 13.5. The maximum absolute atomic E-state index is 16.4. The molecular formula is C52H61Cl2FN8O7. The molecule has 5 atom stereocenters. The summed E-state index contributed by atoms with van der Waals surface area (Å²) in [4.78, 5) is 84.1. The van der Waals surface area contributed by atoms with Gasteiger partial charge in [-0.05, 0) is 124 Å². The van der Waals surface area contributed by atoms with Crippen LogP contribution in [0.4, 0.5) is 10.1 Å². The van der Waals surface area contributed by atoms with E-state index in [4.69, 9.17) is 23.2 Å². The van der Waals surface area contributed by atoms with Crippen molar-refractivity contribution in [3.63, 3.8) is 0 Å². The summed E-state index contributed by atoms with van der Waals surface area (Å²) < 4.78 is 19.4. The third kappa shape index (κ3) is 8.54. The van der Waals surface area contributed by atoms with E-state index in [1.807, 2.05) is 24.3 Å². The van der Waals surface area contributed by atoms with Crippen LogP contribution in [-0.4, -0.2) is 110 Å². The van der Waals surface area contributed by atoms with Gasteiger partial charge in [0.2, 0.25) is 23.6 Å². The van der Waals surface area contributed by atoms with E-state index in [9.17, 15) is 33.9 Å². The molecule has 10 rings (SSSR count). The predicted octanol–water partition coefficient (Wildman–Crippen LogP) is 6.18. The van der Waals surface area contributed by atoms with Crippen LogP contribution >= 0.6 is 23.2 Å². The van der Waals surface area contributed by atoms with Crippen LogP contribution in [0.5, 0.6) is 0 Å². The molecule has 2 spiro atoms. The molecule has 0 radical (unpaired) electrons. The lowest BCUT2D eigenvalue weighted by Crippen LogP contribution is -2.60. The van der Waals surface area contributed by atoms with Crippen LogP contribution in [0.15, 0.2) is 59.4 Å². The van der Waals surface area contributed by atoms with Crippen molar-refractivity contribution in [2.45, 2.75) is 131 Å². The van der Waals surface area contributed by atoms with Crippen molar-refractivity contribution in [2.75, 3.05) is 38.0 Å². The number of amides is 4. The zero-order valence-corrected chi connectivity index (χ0v) is 40.9. The molecule has 372 valence electrons. The smallest absolute Gasteiger partial charge is 0.329 e. The highest BCUT2D eigenvalue weighted by Gasteiger charge is 2.72. The number of piperidine rings is 1. The molecule has 5 N–H and O–H groups in total. The van der Waals surface area contributed by atoms with Crippen LogP contribution in [0, 0.1) is 11.7 Å². The van der Waals surface area contributed by atoms with Crippen LogP contribution in [0.3, 0.4) is 0 Å². The van der Waals surface area contributed by atoms with Crippen molar-refractivity contribution in [3.05, 3.63) is 97.6 Å². The fraction of sp³-hybridized carbons (Fsp3) is 0.538. The molecule has 4 aliphatic heterocycles. The second-order valence-corrected chi connectivity index (χ2v) is 21.5. The number of aryl methyl sites for hydroxylation is 2. The number of imide groups is 1. The highest BCUT2D eigenvalue weighted by atomic mass is 35.5. The number of carboxylic acid groups (broad SMARTS) is 1. The first-order chi connectivity index (χ1) is 33.7. The number of carbonyl (C=O) groups is 5. The number of aromatic nitrogens is 2. The first-order valence-corrected chi connectivity index (χ1v) is 25.8. The topological polar surface area (TPSA) is 187 Å². The van der Waals surface area contributed by atoms with Gasteiger partial charge in [0.1, 0.15) is 23.3 Å². The Bertz CT molecular complexity index is 2800. The summed E-state index contributed by atoms with van der Waals surface area (Å²) >= 11 is 12.9. The summed E-state index contributed by atoms with van der Waals surface area (Å²) in [5.41, 5.74) is 1.53. The number of unbranched alkanes of at least 4 members (excludes halogenated alkanes) is 1. The SMILES string of the molecule is Cn1c(=O)n(C2CCC(=O)NC2=O)c2ccc(CCCCN3CCN(CC4CCC(NC(=O)[C@@H]5NC6(CCCCC6)[C@@]6(C(=O)Nc7cc(Cl)ccc76)[C@H]5c5cccc(Cl)c5F)CC4)[C@H](C(=O)O)C3)cc21. The number of anilines is 1. The van der Waals surface area contributed by atoms with Crippen molar-refractivity contribution in [1.29, 1.82) is 0 Å². The minimum Gasteiger partial charge on any atom is -0.480 e. The largest absolute Gasteiger partial charge is 0.480 e. The van der Waals surface area contributed by atoms with Gasteiger partial charge < -0.3 is 15.7 Å². The number of aliphatic carboxylic acids is 1. The van der Waals surface area contributed by atoms with Crippen LogP contribution in [0.1, 0.15) is 112 Å². The summed E-state index contributed by atoms with van der Waals surface area (Å²) in [6.07, 6.45) is 10.0. The Labute approximate surface area is 415 Å². The lowest BCUT2D eigenvalue weighted by molar-refractivity contribution is -0.146. The average molecular weight is 1000 g/mol. The molecule has 6 aliphatic rings. The lowest BCUT2D eigenvalue weighted by Gasteiger charge is -2.47. The molecular weight excluding hydrogens is 939 g/mol. The van der Waals surface area contributed by atoms with Gasteiger partial charge in [-0.25, -0.2) is 9.18 Å². The van der Waals surface area contributed by atoms with Crippen LogP contribution < -0.4 is 27.0 Å².